The van der Waals surface area contributed by atoms with Crippen LogP contribution >= 0.6 is 0 Å². The number of hydrogen-bond acceptors (Lipinski definition) is 3. The zero-order valence-electron chi connectivity index (χ0n) is 15.3. The zero-order valence-corrected chi connectivity index (χ0v) is 15.3. The zero-order chi connectivity index (χ0) is 17.4. The summed E-state index contributed by atoms with van der Waals surface area (Å²) in [7, 11) is 1.63. The normalized spacial score (nSPS) is 33.8. The van der Waals surface area contributed by atoms with Crippen LogP contribution in [0.2, 0.25) is 0 Å². The number of hydrogen-bond donors (Lipinski definition) is 1. The monoisotopic (exact) mass is 343 g/mol. The first-order valence-corrected chi connectivity index (χ1v) is 9.62. The molecule has 4 saturated carbocycles. The molecule has 4 aliphatic rings. The van der Waals surface area contributed by atoms with E-state index in [9.17, 15) is 4.79 Å². The minimum absolute atomic E-state index is 0.0148. The Labute approximate surface area is 150 Å². The fourth-order valence-electron chi connectivity index (χ4n) is 5.97. The van der Waals surface area contributed by atoms with Gasteiger partial charge in [-0.25, -0.2) is 0 Å². The highest BCUT2D eigenvalue weighted by molar-refractivity contribution is 5.77. The highest BCUT2D eigenvalue weighted by Crippen LogP contribution is 2.61. The van der Waals surface area contributed by atoms with Gasteiger partial charge in [-0.2, -0.15) is 0 Å². The van der Waals surface area contributed by atoms with Gasteiger partial charge in [0.05, 0.1) is 7.11 Å². The van der Waals surface area contributed by atoms with Crippen LogP contribution in [-0.2, 0) is 4.79 Å². The molecule has 136 valence electrons. The van der Waals surface area contributed by atoms with Crippen LogP contribution in [0.1, 0.15) is 45.4 Å². The first kappa shape index (κ1) is 16.7. The third-order valence-electron chi connectivity index (χ3n) is 6.81. The van der Waals surface area contributed by atoms with Crippen molar-refractivity contribution in [3.63, 3.8) is 0 Å². The minimum atomic E-state index is -0.0148. The third kappa shape index (κ3) is 3.36. The van der Waals surface area contributed by atoms with E-state index in [0.717, 1.165) is 23.5 Å². The Hall–Kier alpha value is -1.71. The van der Waals surface area contributed by atoms with Gasteiger partial charge >= 0.3 is 0 Å². The smallest absolute Gasteiger partial charge is 0.258 e. The topological polar surface area (TPSA) is 47.6 Å². The summed E-state index contributed by atoms with van der Waals surface area (Å²) in [5.41, 5.74) is 0.338. The van der Waals surface area contributed by atoms with Gasteiger partial charge < -0.3 is 14.8 Å². The molecule has 1 aromatic carbocycles. The number of methoxy groups -OCH3 is 1. The second-order valence-corrected chi connectivity index (χ2v) is 8.53. The van der Waals surface area contributed by atoms with Crippen LogP contribution in [0.4, 0.5) is 0 Å². The lowest BCUT2D eigenvalue weighted by Gasteiger charge is -2.59. The highest BCUT2D eigenvalue weighted by atomic mass is 16.5. The third-order valence-corrected chi connectivity index (χ3v) is 6.81. The van der Waals surface area contributed by atoms with E-state index in [1.807, 2.05) is 24.3 Å². The minimum Gasteiger partial charge on any atom is -0.497 e. The lowest BCUT2D eigenvalue weighted by atomic mass is 9.48. The number of amides is 1. The van der Waals surface area contributed by atoms with Crippen molar-refractivity contribution in [2.45, 2.75) is 51.5 Å². The van der Waals surface area contributed by atoms with Crippen molar-refractivity contribution in [2.24, 2.45) is 23.2 Å². The molecule has 0 spiro atoms. The Bertz CT molecular complexity index is 589. The number of carbonyl (C=O) groups excluding carboxylic acids is 1. The number of ether oxygens (including phenoxy) is 2. The van der Waals surface area contributed by atoms with Crippen molar-refractivity contribution >= 4 is 5.91 Å². The van der Waals surface area contributed by atoms with Gasteiger partial charge in [-0.3, -0.25) is 4.79 Å². The van der Waals surface area contributed by atoms with E-state index in [2.05, 4.69) is 12.2 Å². The molecule has 4 heteroatoms. The summed E-state index contributed by atoms with van der Waals surface area (Å²) in [6.07, 6.45) is 8.21. The van der Waals surface area contributed by atoms with E-state index in [4.69, 9.17) is 9.47 Å². The van der Waals surface area contributed by atoms with E-state index in [0.29, 0.717) is 11.2 Å². The molecule has 1 aromatic rings. The lowest BCUT2D eigenvalue weighted by Crippen LogP contribution is -2.56. The second-order valence-electron chi connectivity index (χ2n) is 8.53. The molecule has 0 heterocycles. The molecule has 0 aliphatic heterocycles. The standard InChI is InChI=1S/C21H29NO3/c1-14(21-10-15-7-16(11-21)9-17(8-15)12-21)22-20(23)13-25-19-5-3-18(24-2)4-6-19/h3-6,14-17H,7-13H2,1-2H3,(H,22,23). The molecule has 5 rings (SSSR count). The second kappa shape index (κ2) is 6.54. The molecule has 4 aliphatic carbocycles. The highest BCUT2D eigenvalue weighted by Gasteiger charge is 2.53. The van der Waals surface area contributed by atoms with Crippen molar-refractivity contribution in [3.05, 3.63) is 24.3 Å². The predicted octanol–water partition coefficient (Wildman–Crippen LogP) is 3.80. The summed E-state index contributed by atoms with van der Waals surface area (Å²) in [6.45, 7) is 2.28. The van der Waals surface area contributed by atoms with E-state index < -0.39 is 0 Å². The molecule has 1 unspecified atom stereocenters. The molecule has 0 radical (unpaired) electrons. The quantitative estimate of drug-likeness (QED) is 0.855. The predicted molar refractivity (Wildman–Crippen MR) is 96.7 cm³/mol. The van der Waals surface area contributed by atoms with Gasteiger partial charge in [-0.1, -0.05) is 0 Å². The molecule has 4 bridgehead atoms. The van der Waals surface area contributed by atoms with Gasteiger partial charge in [0, 0.05) is 6.04 Å². The molecule has 1 amide bonds. The molecular weight excluding hydrogens is 314 g/mol. The Morgan fingerprint density at radius 2 is 1.60 bits per heavy atom. The van der Waals surface area contributed by atoms with Crippen LogP contribution < -0.4 is 14.8 Å². The maximum absolute atomic E-state index is 12.4. The van der Waals surface area contributed by atoms with Gasteiger partial charge in [0.25, 0.3) is 5.91 Å². The van der Waals surface area contributed by atoms with Gasteiger partial charge in [-0.15, -0.1) is 0 Å². The van der Waals surface area contributed by atoms with E-state index in [1.54, 1.807) is 7.11 Å². The fourth-order valence-corrected chi connectivity index (χ4v) is 5.97. The Morgan fingerprint density at radius 3 is 2.12 bits per heavy atom. The van der Waals surface area contributed by atoms with Gasteiger partial charge in [0.1, 0.15) is 11.5 Å². The van der Waals surface area contributed by atoms with Gasteiger partial charge in [0.15, 0.2) is 6.61 Å². The number of rotatable bonds is 6. The summed E-state index contributed by atoms with van der Waals surface area (Å²) >= 11 is 0. The summed E-state index contributed by atoms with van der Waals surface area (Å²) in [5.74, 6) is 4.17. The lowest BCUT2D eigenvalue weighted by molar-refractivity contribution is -0.127. The van der Waals surface area contributed by atoms with Crippen LogP contribution in [0.15, 0.2) is 24.3 Å². The Balaban J connectivity index is 1.31. The maximum Gasteiger partial charge on any atom is 0.258 e. The summed E-state index contributed by atoms with van der Waals surface area (Å²) in [5, 5.41) is 3.24. The van der Waals surface area contributed by atoms with Crippen LogP contribution in [0.25, 0.3) is 0 Å². The molecule has 1 atom stereocenters. The van der Waals surface area contributed by atoms with Crippen molar-refractivity contribution < 1.29 is 14.3 Å². The summed E-state index contributed by atoms with van der Waals surface area (Å²) in [6, 6.07) is 7.58. The number of benzene rings is 1. The first-order valence-electron chi connectivity index (χ1n) is 9.62. The van der Waals surface area contributed by atoms with E-state index in [1.165, 1.54) is 38.5 Å². The largest absolute Gasteiger partial charge is 0.497 e. The SMILES string of the molecule is COc1ccc(OCC(=O)NC(C)C23CC4CC(CC(C4)C2)C3)cc1. The average Bonchev–Trinajstić information content (AvgIpc) is 2.59. The Morgan fingerprint density at radius 1 is 1.08 bits per heavy atom. The fraction of sp³-hybridized carbons (Fsp3) is 0.667. The number of carbonyl (C=O) groups is 1. The first-order chi connectivity index (χ1) is 12.1. The van der Waals surface area contributed by atoms with Crippen molar-refractivity contribution in [3.8, 4) is 11.5 Å². The molecule has 4 fully saturated rings. The van der Waals surface area contributed by atoms with Crippen molar-refractivity contribution in [2.75, 3.05) is 13.7 Å². The summed E-state index contributed by atoms with van der Waals surface area (Å²) in [4.78, 5) is 12.4. The van der Waals surface area contributed by atoms with Gasteiger partial charge in [-0.05, 0) is 92.9 Å². The molecule has 0 saturated heterocycles. The van der Waals surface area contributed by atoms with Crippen LogP contribution in [0.3, 0.4) is 0 Å². The molecule has 25 heavy (non-hydrogen) atoms. The van der Waals surface area contributed by atoms with Crippen molar-refractivity contribution in [1.82, 2.24) is 5.32 Å². The van der Waals surface area contributed by atoms with Crippen LogP contribution in [0, 0.1) is 23.2 Å². The van der Waals surface area contributed by atoms with Crippen molar-refractivity contribution in [1.29, 1.82) is 0 Å². The average molecular weight is 343 g/mol. The number of nitrogens with one attached hydrogen (secondary N) is 1. The van der Waals surface area contributed by atoms with Crippen LogP contribution in [0.5, 0.6) is 11.5 Å². The van der Waals surface area contributed by atoms with E-state index in [-0.39, 0.29) is 18.6 Å². The molecule has 0 aromatic heterocycles. The van der Waals surface area contributed by atoms with Crippen LogP contribution in [-0.4, -0.2) is 25.7 Å². The van der Waals surface area contributed by atoms with Gasteiger partial charge in [0.2, 0.25) is 0 Å². The molecule has 1 N–H and O–H groups in total. The summed E-state index contributed by atoms with van der Waals surface area (Å²) < 4.78 is 10.7. The molecular formula is C21H29NO3. The maximum atomic E-state index is 12.4. The molecule has 4 nitrogen and oxygen atoms in total. The Kier molecular flexibility index (Phi) is 4.38. The van der Waals surface area contributed by atoms with E-state index >= 15 is 0 Å².